The first-order chi connectivity index (χ1) is 11.7. The molecular weight excluding hydrogens is 338 g/mol. The van der Waals surface area contributed by atoms with Crippen molar-refractivity contribution in [1.82, 2.24) is 0 Å². The van der Waals surface area contributed by atoms with Gasteiger partial charge in [-0.2, -0.15) is 0 Å². The topological polar surface area (TPSA) is 71.1 Å². The van der Waals surface area contributed by atoms with Crippen LogP contribution >= 0.6 is 23.1 Å². The van der Waals surface area contributed by atoms with Gasteiger partial charge in [0, 0.05) is 11.8 Å². The van der Waals surface area contributed by atoms with Gasteiger partial charge in [0.2, 0.25) is 0 Å². The van der Waals surface area contributed by atoms with Crippen LogP contribution in [0.2, 0.25) is 0 Å². The smallest absolute Gasteiger partial charge is 0.133 e. The molecule has 3 aromatic rings. The average molecular weight is 355 g/mol. The number of nitrogen functional groups attached to an aromatic ring is 1. The number of nitrogens with one attached hydrogen (secondary N) is 2. The van der Waals surface area contributed by atoms with E-state index in [1.165, 1.54) is 11.3 Å². The molecule has 4 N–H and O–H groups in total. The van der Waals surface area contributed by atoms with Crippen molar-refractivity contribution in [1.29, 1.82) is 5.41 Å². The molecule has 2 aromatic carbocycles. The maximum atomic E-state index is 7.59. The van der Waals surface area contributed by atoms with Crippen molar-refractivity contribution in [2.24, 2.45) is 5.73 Å². The number of hydrogen-bond donors (Lipinski definition) is 3. The molecule has 0 bridgehead atoms. The van der Waals surface area contributed by atoms with Gasteiger partial charge in [-0.05, 0) is 36.6 Å². The molecule has 0 saturated heterocycles. The first kappa shape index (κ1) is 16.4. The zero-order valence-corrected chi connectivity index (χ0v) is 14.7. The third kappa shape index (κ3) is 3.90. The fourth-order valence-corrected chi connectivity index (χ4v) is 3.80. The molecular formula is C18H17N3OS2. The number of amidine groups is 1. The van der Waals surface area contributed by atoms with Gasteiger partial charge in [-0.15, -0.1) is 23.1 Å². The van der Waals surface area contributed by atoms with Crippen LogP contribution in [0.15, 0.2) is 64.9 Å². The molecule has 0 radical (unpaired) electrons. The monoisotopic (exact) mass is 355 g/mol. The summed E-state index contributed by atoms with van der Waals surface area (Å²) in [4.78, 5) is 0.763. The van der Waals surface area contributed by atoms with E-state index < -0.39 is 0 Å². The molecule has 6 heteroatoms. The Hall–Kier alpha value is -2.44. The Morgan fingerprint density at radius 2 is 1.83 bits per heavy atom. The standard InChI is InChI=1S/C18H17N3OS2/c1-23-18-15(11-16(24-18)17(19)20)21-12-6-5-9-14(10-12)22-13-7-3-2-4-8-13/h2-11,21H,1H3,(H3,19,20). The van der Waals surface area contributed by atoms with Crippen LogP contribution in [0.4, 0.5) is 11.4 Å². The number of thioether (sulfide) groups is 1. The van der Waals surface area contributed by atoms with Gasteiger partial charge < -0.3 is 15.8 Å². The van der Waals surface area contributed by atoms with E-state index in [-0.39, 0.29) is 5.84 Å². The quantitative estimate of drug-likeness (QED) is 0.319. The molecule has 0 amide bonds. The maximum Gasteiger partial charge on any atom is 0.133 e. The van der Waals surface area contributed by atoms with Crippen LogP contribution in [0.5, 0.6) is 11.5 Å². The van der Waals surface area contributed by atoms with Crippen molar-refractivity contribution < 1.29 is 4.74 Å². The summed E-state index contributed by atoms with van der Waals surface area (Å²) in [6.45, 7) is 0. The Bertz CT molecular complexity index is 846. The second-order valence-electron chi connectivity index (χ2n) is 5.00. The normalized spacial score (nSPS) is 10.4. The third-order valence-electron chi connectivity index (χ3n) is 3.24. The molecule has 3 rings (SSSR count). The molecule has 4 nitrogen and oxygen atoms in total. The van der Waals surface area contributed by atoms with Crippen molar-refractivity contribution in [3.63, 3.8) is 0 Å². The SMILES string of the molecule is CSc1sc(C(=N)N)cc1Nc1cccc(Oc2ccccc2)c1. The van der Waals surface area contributed by atoms with Gasteiger partial charge in [0.1, 0.15) is 17.3 Å². The molecule has 1 heterocycles. The highest BCUT2D eigenvalue weighted by atomic mass is 32.2. The minimum atomic E-state index is 0.0875. The number of nitrogens with two attached hydrogens (primary N) is 1. The van der Waals surface area contributed by atoms with E-state index >= 15 is 0 Å². The average Bonchev–Trinajstić information content (AvgIpc) is 2.99. The van der Waals surface area contributed by atoms with Crippen LogP contribution < -0.4 is 15.8 Å². The number of benzene rings is 2. The molecule has 0 aliphatic rings. The zero-order chi connectivity index (χ0) is 16.9. The molecule has 24 heavy (non-hydrogen) atoms. The minimum absolute atomic E-state index is 0.0875. The molecule has 0 atom stereocenters. The summed E-state index contributed by atoms with van der Waals surface area (Å²) in [5.41, 5.74) is 7.47. The summed E-state index contributed by atoms with van der Waals surface area (Å²) in [6.07, 6.45) is 2.01. The van der Waals surface area contributed by atoms with E-state index in [4.69, 9.17) is 15.9 Å². The highest BCUT2D eigenvalue weighted by molar-refractivity contribution is 8.00. The lowest BCUT2D eigenvalue weighted by atomic mass is 10.3. The van der Waals surface area contributed by atoms with E-state index in [1.807, 2.05) is 66.9 Å². The molecule has 0 spiro atoms. The highest BCUT2D eigenvalue weighted by Crippen LogP contribution is 2.37. The molecule has 0 aliphatic heterocycles. The van der Waals surface area contributed by atoms with Gasteiger partial charge in [0.05, 0.1) is 14.8 Å². The number of hydrogen-bond acceptors (Lipinski definition) is 5. The molecule has 0 saturated carbocycles. The summed E-state index contributed by atoms with van der Waals surface area (Å²) >= 11 is 3.15. The number of rotatable bonds is 6. The second kappa shape index (κ2) is 7.42. The fourth-order valence-electron chi connectivity index (χ4n) is 2.16. The molecule has 1 aromatic heterocycles. The van der Waals surface area contributed by atoms with E-state index in [0.29, 0.717) is 0 Å². The second-order valence-corrected chi connectivity index (χ2v) is 7.12. The van der Waals surface area contributed by atoms with Gasteiger partial charge in [-0.25, -0.2) is 0 Å². The number of anilines is 2. The van der Waals surface area contributed by atoms with Crippen molar-refractivity contribution in [2.75, 3.05) is 11.6 Å². The van der Waals surface area contributed by atoms with Crippen LogP contribution in [-0.4, -0.2) is 12.1 Å². The molecule has 122 valence electrons. The van der Waals surface area contributed by atoms with Crippen LogP contribution in [0.3, 0.4) is 0 Å². The summed E-state index contributed by atoms with van der Waals surface area (Å²) in [7, 11) is 0. The van der Waals surface area contributed by atoms with Crippen LogP contribution in [0.1, 0.15) is 4.88 Å². The Labute approximate surface area is 149 Å². The Morgan fingerprint density at radius 3 is 2.54 bits per heavy atom. The Kier molecular flexibility index (Phi) is 5.08. The van der Waals surface area contributed by atoms with Crippen molar-refractivity contribution in [3.8, 4) is 11.5 Å². The van der Waals surface area contributed by atoms with Crippen molar-refractivity contribution >= 4 is 40.3 Å². The molecule has 0 fully saturated rings. The van der Waals surface area contributed by atoms with Gasteiger partial charge in [0.25, 0.3) is 0 Å². The lowest BCUT2D eigenvalue weighted by molar-refractivity contribution is 0.483. The summed E-state index contributed by atoms with van der Waals surface area (Å²) < 4.78 is 6.95. The number of thiophene rings is 1. The van der Waals surface area contributed by atoms with Crippen molar-refractivity contribution in [3.05, 3.63) is 65.5 Å². The largest absolute Gasteiger partial charge is 0.457 e. The highest BCUT2D eigenvalue weighted by Gasteiger charge is 2.11. The van der Waals surface area contributed by atoms with Crippen LogP contribution in [-0.2, 0) is 0 Å². The van der Waals surface area contributed by atoms with Gasteiger partial charge in [0.15, 0.2) is 0 Å². The summed E-state index contributed by atoms with van der Waals surface area (Å²) in [5, 5.41) is 11.0. The predicted molar refractivity (Wildman–Crippen MR) is 103 cm³/mol. The van der Waals surface area contributed by atoms with E-state index in [1.54, 1.807) is 11.8 Å². The van der Waals surface area contributed by atoms with Gasteiger partial charge >= 0.3 is 0 Å². The lowest BCUT2D eigenvalue weighted by Gasteiger charge is -2.09. The van der Waals surface area contributed by atoms with E-state index in [9.17, 15) is 0 Å². The minimum Gasteiger partial charge on any atom is -0.457 e. The molecule has 0 aliphatic carbocycles. The first-order valence-corrected chi connectivity index (χ1v) is 9.32. The zero-order valence-electron chi connectivity index (χ0n) is 13.1. The van der Waals surface area contributed by atoms with Gasteiger partial charge in [-0.3, -0.25) is 5.41 Å². The van der Waals surface area contributed by atoms with Crippen LogP contribution in [0.25, 0.3) is 0 Å². The van der Waals surface area contributed by atoms with E-state index in [0.717, 1.165) is 32.0 Å². The van der Waals surface area contributed by atoms with Crippen molar-refractivity contribution in [2.45, 2.75) is 4.21 Å². The van der Waals surface area contributed by atoms with Gasteiger partial charge in [-0.1, -0.05) is 24.3 Å². The summed E-state index contributed by atoms with van der Waals surface area (Å²) in [6, 6.07) is 19.4. The Balaban J connectivity index is 1.81. The predicted octanol–water partition coefficient (Wildman–Crippen LogP) is 5.29. The number of ether oxygens (including phenoxy) is 1. The fraction of sp³-hybridized carbons (Fsp3) is 0.0556. The third-order valence-corrected chi connectivity index (χ3v) is 5.54. The van der Waals surface area contributed by atoms with Crippen LogP contribution in [0, 0.1) is 5.41 Å². The van der Waals surface area contributed by atoms with E-state index in [2.05, 4.69) is 5.32 Å². The first-order valence-electron chi connectivity index (χ1n) is 7.28. The maximum absolute atomic E-state index is 7.59. The lowest BCUT2D eigenvalue weighted by Crippen LogP contribution is -2.08. The number of para-hydroxylation sites is 1. The molecule has 0 unspecified atom stereocenters. The Morgan fingerprint density at radius 1 is 1.08 bits per heavy atom. The summed E-state index contributed by atoms with van der Waals surface area (Å²) in [5.74, 6) is 1.65.